The normalized spacial score (nSPS) is 24.0. The van der Waals surface area contributed by atoms with Crippen molar-refractivity contribution in [3.05, 3.63) is 48.5 Å². The summed E-state index contributed by atoms with van der Waals surface area (Å²) < 4.78 is 39.5. The van der Waals surface area contributed by atoms with E-state index in [0.29, 0.717) is 23.5 Å². The first-order valence-corrected chi connectivity index (χ1v) is 10.8. The molecule has 4 atom stereocenters. The first kappa shape index (κ1) is 21.5. The van der Waals surface area contributed by atoms with Gasteiger partial charge in [-0.3, -0.25) is 8.75 Å². The van der Waals surface area contributed by atoms with E-state index in [0.717, 1.165) is 5.56 Å². The highest BCUT2D eigenvalue weighted by atomic mass is 32.2. The van der Waals surface area contributed by atoms with Gasteiger partial charge in [-0.1, -0.05) is 30.3 Å². The molecule has 1 aliphatic rings. The van der Waals surface area contributed by atoms with E-state index < -0.39 is 41.5 Å². The van der Waals surface area contributed by atoms with Gasteiger partial charge in [-0.05, 0) is 5.56 Å². The number of benzene rings is 1. The Morgan fingerprint density at radius 2 is 2.03 bits per heavy atom. The SMILES string of the molecule is CO[C@H]1[C@@H](O)[C@H](n2cnc3c(NCc4ccccc4)ncnc32)O[C@@H]1COS(N)(=O)=O. The van der Waals surface area contributed by atoms with Gasteiger partial charge in [0.1, 0.15) is 24.6 Å². The molecule has 1 aromatic carbocycles. The van der Waals surface area contributed by atoms with E-state index in [4.69, 9.17) is 14.6 Å². The summed E-state index contributed by atoms with van der Waals surface area (Å²) in [6.45, 7) is 0.136. The van der Waals surface area contributed by atoms with Gasteiger partial charge in [-0.25, -0.2) is 20.1 Å². The van der Waals surface area contributed by atoms with Crippen molar-refractivity contribution < 1.29 is 27.2 Å². The third-order valence-corrected chi connectivity index (χ3v) is 5.38. The maximum atomic E-state index is 11.1. The molecule has 0 unspecified atom stereocenters. The Morgan fingerprint density at radius 3 is 2.74 bits per heavy atom. The summed E-state index contributed by atoms with van der Waals surface area (Å²) in [7, 11) is -2.79. The first-order chi connectivity index (χ1) is 14.9. The van der Waals surface area contributed by atoms with Gasteiger partial charge in [-0.2, -0.15) is 8.42 Å². The lowest BCUT2D eigenvalue weighted by atomic mass is 10.1. The second-order valence-electron chi connectivity index (χ2n) is 6.92. The number of hydrogen-bond donors (Lipinski definition) is 3. The van der Waals surface area contributed by atoms with Gasteiger partial charge in [0.25, 0.3) is 0 Å². The molecule has 0 saturated carbocycles. The van der Waals surface area contributed by atoms with Crippen molar-refractivity contribution >= 4 is 27.3 Å². The highest BCUT2D eigenvalue weighted by Gasteiger charge is 2.46. The van der Waals surface area contributed by atoms with E-state index in [1.54, 1.807) is 4.57 Å². The number of hydrogen-bond acceptors (Lipinski definition) is 10. The maximum Gasteiger partial charge on any atom is 0.333 e. The number of nitrogens with zero attached hydrogens (tertiary/aromatic N) is 4. The molecule has 0 radical (unpaired) electrons. The monoisotopic (exact) mass is 450 g/mol. The Bertz CT molecular complexity index is 1140. The van der Waals surface area contributed by atoms with Crippen molar-refractivity contribution in [1.82, 2.24) is 19.5 Å². The van der Waals surface area contributed by atoms with Gasteiger partial charge in [-0.15, -0.1) is 0 Å². The lowest BCUT2D eigenvalue weighted by Gasteiger charge is -2.18. The lowest BCUT2D eigenvalue weighted by Crippen LogP contribution is -2.36. The average molecular weight is 450 g/mol. The quantitative estimate of drug-likeness (QED) is 0.423. The van der Waals surface area contributed by atoms with Crippen molar-refractivity contribution in [3.63, 3.8) is 0 Å². The highest BCUT2D eigenvalue weighted by Crippen LogP contribution is 2.33. The average Bonchev–Trinajstić information content (AvgIpc) is 3.31. The molecule has 0 spiro atoms. The molecule has 4 rings (SSSR count). The van der Waals surface area contributed by atoms with Crippen molar-refractivity contribution in [1.29, 1.82) is 0 Å². The fourth-order valence-electron chi connectivity index (χ4n) is 3.49. The Hall–Kier alpha value is -2.68. The molecule has 3 heterocycles. The van der Waals surface area contributed by atoms with Crippen LogP contribution in [-0.4, -0.2) is 65.1 Å². The molecule has 31 heavy (non-hydrogen) atoms. The lowest BCUT2D eigenvalue weighted by molar-refractivity contribution is -0.0485. The number of rotatable bonds is 8. The van der Waals surface area contributed by atoms with Crippen LogP contribution in [0.15, 0.2) is 43.0 Å². The summed E-state index contributed by atoms with van der Waals surface area (Å²) in [4.78, 5) is 12.9. The van der Waals surface area contributed by atoms with Crippen LogP contribution < -0.4 is 10.5 Å². The molecule has 13 heteroatoms. The van der Waals surface area contributed by atoms with Crippen LogP contribution in [0.4, 0.5) is 5.82 Å². The molecular formula is C18H22N6O6S. The molecule has 1 fully saturated rings. The minimum Gasteiger partial charge on any atom is -0.386 e. The summed E-state index contributed by atoms with van der Waals surface area (Å²) in [5.41, 5.74) is 1.99. The molecule has 1 saturated heterocycles. The Kier molecular flexibility index (Phi) is 6.13. The predicted molar refractivity (Wildman–Crippen MR) is 109 cm³/mol. The largest absolute Gasteiger partial charge is 0.386 e. The number of anilines is 1. The predicted octanol–water partition coefficient (Wildman–Crippen LogP) is -0.0682. The van der Waals surface area contributed by atoms with E-state index in [-0.39, 0.29) is 0 Å². The fraction of sp³-hybridized carbons (Fsp3) is 0.389. The van der Waals surface area contributed by atoms with Crippen molar-refractivity contribution in [3.8, 4) is 0 Å². The topological polar surface area (TPSA) is 164 Å². The number of ether oxygens (including phenoxy) is 2. The van der Waals surface area contributed by atoms with Crippen LogP contribution in [0.5, 0.6) is 0 Å². The zero-order valence-electron chi connectivity index (χ0n) is 16.5. The zero-order valence-corrected chi connectivity index (χ0v) is 17.3. The number of nitrogens with one attached hydrogen (secondary N) is 1. The maximum absolute atomic E-state index is 11.1. The van der Waals surface area contributed by atoms with E-state index in [1.165, 1.54) is 19.8 Å². The molecule has 2 aromatic heterocycles. The second-order valence-corrected chi connectivity index (χ2v) is 8.14. The third kappa shape index (κ3) is 4.66. The molecular weight excluding hydrogens is 428 g/mol. The van der Waals surface area contributed by atoms with Crippen molar-refractivity contribution in [2.45, 2.75) is 31.1 Å². The van der Waals surface area contributed by atoms with E-state index in [2.05, 4.69) is 24.5 Å². The van der Waals surface area contributed by atoms with Gasteiger partial charge in [0.05, 0.1) is 12.9 Å². The number of aliphatic hydroxyl groups is 1. The fourth-order valence-corrected chi connectivity index (χ4v) is 3.81. The molecule has 4 N–H and O–H groups in total. The third-order valence-electron chi connectivity index (χ3n) is 4.91. The number of aliphatic hydroxyl groups excluding tert-OH is 1. The first-order valence-electron chi connectivity index (χ1n) is 9.36. The number of imidazole rings is 1. The minimum atomic E-state index is -4.17. The van der Waals surface area contributed by atoms with Gasteiger partial charge in [0, 0.05) is 13.7 Å². The standard InChI is InChI=1S/C18H22N6O6S/c1-28-15-12(8-29-31(19,26)27)30-18(14(15)25)24-10-23-13-16(21-9-22-17(13)24)20-7-11-5-3-2-4-6-11/h2-6,9-10,12,14-15,18,25H,7-8H2,1H3,(H2,19,26,27)(H,20,21,22)/t12-,14-,15-,18-/m1/s1. The van der Waals surface area contributed by atoms with Crippen LogP contribution in [0.3, 0.4) is 0 Å². The molecule has 0 aliphatic carbocycles. The van der Waals surface area contributed by atoms with Crippen LogP contribution in [0.2, 0.25) is 0 Å². The van der Waals surface area contributed by atoms with Crippen LogP contribution in [-0.2, 0) is 30.5 Å². The molecule has 1 aliphatic heterocycles. The molecule has 166 valence electrons. The zero-order chi connectivity index (χ0) is 22.0. The van der Waals surface area contributed by atoms with E-state index >= 15 is 0 Å². The summed E-state index contributed by atoms with van der Waals surface area (Å²) in [6, 6.07) is 9.81. The minimum absolute atomic E-state index is 0.406. The van der Waals surface area contributed by atoms with Crippen molar-refractivity contribution in [2.75, 3.05) is 19.0 Å². The Balaban J connectivity index is 1.56. The number of methoxy groups -OCH3 is 1. The second kappa shape index (κ2) is 8.82. The summed E-state index contributed by atoms with van der Waals surface area (Å²) >= 11 is 0. The van der Waals surface area contributed by atoms with Gasteiger partial charge < -0.3 is 19.9 Å². The number of fused-ring (bicyclic) bond motifs is 1. The van der Waals surface area contributed by atoms with Gasteiger partial charge in [0.15, 0.2) is 23.2 Å². The highest BCUT2D eigenvalue weighted by molar-refractivity contribution is 7.84. The van der Waals surface area contributed by atoms with Gasteiger partial charge in [0.2, 0.25) is 0 Å². The Labute approximate surface area is 178 Å². The van der Waals surface area contributed by atoms with Crippen molar-refractivity contribution in [2.24, 2.45) is 5.14 Å². The molecule has 0 amide bonds. The molecule has 12 nitrogen and oxygen atoms in total. The van der Waals surface area contributed by atoms with Crippen LogP contribution in [0.1, 0.15) is 11.8 Å². The van der Waals surface area contributed by atoms with E-state index in [9.17, 15) is 13.5 Å². The molecule has 3 aromatic rings. The van der Waals surface area contributed by atoms with Crippen LogP contribution in [0.25, 0.3) is 11.2 Å². The van der Waals surface area contributed by atoms with Crippen LogP contribution in [0, 0.1) is 0 Å². The smallest absolute Gasteiger partial charge is 0.333 e. The summed E-state index contributed by atoms with van der Waals surface area (Å²) in [6.07, 6.45) is -0.936. The number of nitrogens with two attached hydrogens (primary N) is 1. The summed E-state index contributed by atoms with van der Waals surface area (Å²) in [5.74, 6) is 0.525. The van der Waals surface area contributed by atoms with E-state index in [1.807, 2.05) is 30.3 Å². The van der Waals surface area contributed by atoms with Gasteiger partial charge >= 0.3 is 10.3 Å². The number of aromatic nitrogens is 4. The summed E-state index contributed by atoms with van der Waals surface area (Å²) in [5, 5.41) is 18.8. The van der Waals surface area contributed by atoms with Crippen LogP contribution >= 0.6 is 0 Å². The molecule has 0 bridgehead atoms. The Morgan fingerprint density at radius 1 is 1.26 bits per heavy atom.